The van der Waals surface area contributed by atoms with E-state index in [1.54, 1.807) is 7.11 Å². The number of hydrogen-bond donors (Lipinski definition) is 0. The minimum atomic E-state index is 0.121. The molecule has 1 aliphatic rings. The summed E-state index contributed by atoms with van der Waals surface area (Å²) in [6, 6.07) is 0. The van der Waals surface area contributed by atoms with Gasteiger partial charge in [-0.2, -0.15) is 0 Å². The van der Waals surface area contributed by atoms with Gasteiger partial charge in [-0.1, -0.05) is 42.4 Å². The maximum absolute atomic E-state index is 6.21. The molecule has 0 spiro atoms. The van der Waals surface area contributed by atoms with Crippen LogP contribution in [0.25, 0.3) is 0 Å². The maximum Gasteiger partial charge on any atom is 0.0788 e. The fraction of sp³-hybridized carbons (Fsp3) is 1.00. The van der Waals surface area contributed by atoms with Crippen LogP contribution in [0.3, 0.4) is 0 Å². The molecule has 0 saturated heterocycles. The predicted molar refractivity (Wildman–Crippen MR) is 71.7 cm³/mol. The Morgan fingerprint density at radius 1 is 1.53 bits per heavy atom. The summed E-state index contributed by atoms with van der Waals surface area (Å²) in [7, 11) is 1.74. The number of ether oxygens (including phenoxy) is 2. The molecule has 0 aromatic heterocycles. The third-order valence-corrected chi connectivity index (χ3v) is 4.54. The second-order valence-corrected chi connectivity index (χ2v) is 5.66. The van der Waals surface area contributed by atoms with Gasteiger partial charge in [-0.3, -0.25) is 0 Å². The van der Waals surface area contributed by atoms with Crippen LogP contribution in [0.2, 0.25) is 0 Å². The van der Waals surface area contributed by atoms with Gasteiger partial charge >= 0.3 is 0 Å². The summed E-state index contributed by atoms with van der Waals surface area (Å²) in [6.07, 6.45) is 5.32. The zero-order valence-electron chi connectivity index (χ0n) is 10.1. The Balaban J connectivity index is 2.51. The molecule has 0 N–H and O–H groups in total. The zero-order chi connectivity index (χ0) is 11.3. The summed E-state index contributed by atoms with van der Waals surface area (Å²) in [6.45, 7) is 5.15. The van der Waals surface area contributed by atoms with Crippen molar-refractivity contribution in [2.75, 3.05) is 18.1 Å². The van der Waals surface area contributed by atoms with Crippen LogP contribution < -0.4 is 0 Å². The minimum Gasteiger partial charge on any atom is -0.382 e. The van der Waals surface area contributed by atoms with Gasteiger partial charge in [0.05, 0.1) is 18.3 Å². The number of alkyl halides is 1. The van der Waals surface area contributed by atoms with Gasteiger partial charge < -0.3 is 9.47 Å². The monoisotopic (exact) mass is 326 g/mol. The molecule has 3 unspecified atom stereocenters. The molecule has 0 heterocycles. The lowest BCUT2D eigenvalue weighted by Crippen LogP contribution is -2.42. The van der Waals surface area contributed by atoms with Gasteiger partial charge in [0, 0.05) is 11.5 Å². The van der Waals surface area contributed by atoms with Gasteiger partial charge in [0.2, 0.25) is 0 Å². The Labute approximate surface area is 107 Å². The highest BCUT2D eigenvalue weighted by molar-refractivity contribution is 14.1. The molecular weight excluding hydrogens is 303 g/mol. The fourth-order valence-corrected chi connectivity index (χ4v) is 3.44. The van der Waals surface area contributed by atoms with Gasteiger partial charge in [-0.15, -0.1) is 0 Å². The van der Waals surface area contributed by atoms with Crippen LogP contribution >= 0.6 is 22.6 Å². The highest BCUT2D eigenvalue weighted by atomic mass is 127. The van der Waals surface area contributed by atoms with Crippen LogP contribution in [0.4, 0.5) is 0 Å². The van der Waals surface area contributed by atoms with Crippen LogP contribution in [0.5, 0.6) is 0 Å². The summed E-state index contributed by atoms with van der Waals surface area (Å²) < 4.78 is 12.4. The maximum atomic E-state index is 6.21. The van der Waals surface area contributed by atoms with E-state index in [0.29, 0.717) is 6.61 Å². The van der Waals surface area contributed by atoms with Crippen LogP contribution in [-0.2, 0) is 9.47 Å². The molecule has 0 aliphatic heterocycles. The van der Waals surface area contributed by atoms with E-state index in [4.69, 9.17) is 9.47 Å². The fourth-order valence-electron chi connectivity index (χ4n) is 2.57. The van der Waals surface area contributed by atoms with Crippen LogP contribution in [0.1, 0.15) is 39.5 Å². The summed E-state index contributed by atoms with van der Waals surface area (Å²) >= 11 is 2.47. The topological polar surface area (TPSA) is 18.5 Å². The molecule has 0 amide bonds. The second kappa shape index (κ2) is 6.40. The molecule has 3 heteroatoms. The smallest absolute Gasteiger partial charge is 0.0788 e. The molecule has 0 aromatic carbocycles. The Morgan fingerprint density at radius 2 is 2.27 bits per heavy atom. The van der Waals surface area contributed by atoms with E-state index in [-0.39, 0.29) is 11.7 Å². The molecule has 1 aliphatic carbocycles. The SMILES string of the molecule is COCC(C)OC1(CI)CCCC(C)C1. The number of methoxy groups -OCH3 is 1. The zero-order valence-corrected chi connectivity index (χ0v) is 12.2. The van der Waals surface area contributed by atoms with E-state index >= 15 is 0 Å². The second-order valence-electron chi connectivity index (χ2n) is 4.90. The third-order valence-electron chi connectivity index (χ3n) is 3.15. The third kappa shape index (κ3) is 4.19. The Bertz CT molecular complexity index is 186. The quantitative estimate of drug-likeness (QED) is 0.569. The standard InChI is InChI=1S/C12H23IO2/c1-10-5-4-6-12(7-10,9-13)15-11(2)8-14-3/h10-11H,4-9H2,1-3H3. The van der Waals surface area contributed by atoms with E-state index in [0.717, 1.165) is 10.3 Å². The molecule has 3 atom stereocenters. The lowest BCUT2D eigenvalue weighted by molar-refractivity contribution is -0.117. The molecule has 0 bridgehead atoms. The summed E-state index contributed by atoms with van der Waals surface area (Å²) in [5, 5.41) is 0. The number of rotatable bonds is 5. The summed E-state index contributed by atoms with van der Waals surface area (Å²) in [4.78, 5) is 0. The summed E-state index contributed by atoms with van der Waals surface area (Å²) in [5.74, 6) is 0.809. The molecule has 0 radical (unpaired) electrons. The summed E-state index contributed by atoms with van der Waals surface area (Å²) in [5.41, 5.74) is 0.121. The molecular formula is C12H23IO2. The van der Waals surface area contributed by atoms with Gasteiger partial charge in [0.15, 0.2) is 0 Å². The van der Waals surface area contributed by atoms with Crippen molar-refractivity contribution in [1.29, 1.82) is 0 Å². The van der Waals surface area contributed by atoms with Crippen molar-refractivity contribution in [3.63, 3.8) is 0 Å². The highest BCUT2D eigenvalue weighted by Gasteiger charge is 2.36. The highest BCUT2D eigenvalue weighted by Crippen LogP contribution is 2.37. The number of hydrogen-bond acceptors (Lipinski definition) is 2. The lowest BCUT2D eigenvalue weighted by Gasteiger charge is -2.40. The van der Waals surface area contributed by atoms with Crippen molar-refractivity contribution in [1.82, 2.24) is 0 Å². The van der Waals surface area contributed by atoms with Gasteiger partial charge in [0.25, 0.3) is 0 Å². The van der Waals surface area contributed by atoms with Crippen LogP contribution in [-0.4, -0.2) is 29.8 Å². The average Bonchev–Trinajstić information content (AvgIpc) is 2.18. The first kappa shape index (κ1) is 13.7. The molecule has 1 saturated carbocycles. The van der Waals surface area contributed by atoms with Crippen LogP contribution in [0.15, 0.2) is 0 Å². The van der Waals surface area contributed by atoms with E-state index in [1.807, 2.05) is 0 Å². The average molecular weight is 326 g/mol. The van der Waals surface area contributed by atoms with Gasteiger partial charge in [-0.25, -0.2) is 0 Å². The first-order valence-electron chi connectivity index (χ1n) is 5.84. The predicted octanol–water partition coefficient (Wildman–Crippen LogP) is 3.42. The Morgan fingerprint density at radius 3 is 2.80 bits per heavy atom. The van der Waals surface area contributed by atoms with E-state index in [1.165, 1.54) is 25.7 Å². The lowest BCUT2D eigenvalue weighted by atomic mass is 9.80. The van der Waals surface area contributed by atoms with Crippen molar-refractivity contribution in [2.24, 2.45) is 5.92 Å². The van der Waals surface area contributed by atoms with Crippen LogP contribution in [0, 0.1) is 5.92 Å². The van der Waals surface area contributed by atoms with E-state index in [9.17, 15) is 0 Å². The normalized spacial score (nSPS) is 34.0. The minimum absolute atomic E-state index is 0.121. The van der Waals surface area contributed by atoms with Gasteiger partial charge in [0.1, 0.15) is 0 Å². The first-order valence-corrected chi connectivity index (χ1v) is 7.37. The molecule has 1 rings (SSSR count). The Hall–Kier alpha value is 0.650. The first-order chi connectivity index (χ1) is 7.12. The van der Waals surface area contributed by atoms with E-state index in [2.05, 4.69) is 36.4 Å². The molecule has 90 valence electrons. The van der Waals surface area contributed by atoms with E-state index < -0.39 is 0 Å². The largest absolute Gasteiger partial charge is 0.382 e. The number of halogens is 1. The van der Waals surface area contributed by atoms with Crippen molar-refractivity contribution in [2.45, 2.75) is 51.2 Å². The van der Waals surface area contributed by atoms with Crippen molar-refractivity contribution in [3.05, 3.63) is 0 Å². The van der Waals surface area contributed by atoms with Crippen molar-refractivity contribution < 1.29 is 9.47 Å². The van der Waals surface area contributed by atoms with Crippen molar-refractivity contribution in [3.8, 4) is 0 Å². The molecule has 15 heavy (non-hydrogen) atoms. The van der Waals surface area contributed by atoms with Crippen molar-refractivity contribution >= 4 is 22.6 Å². The molecule has 2 nitrogen and oxygen atoms in total. The molecule has 1 fully saturated rings. The molecule has 0 aromatic rings. The Kier molecular flexibility index (Phi) is 5.85. The van der Waals surface area contributed by atoms with Gasteiger partial charge in [-0.05, 0) is 25.7 Å².